The van der Waals surface area contributed by atoms with E-state index in [1.54, 1.807) is 6.92 Å². The maximum atomic E-state index is 12.1. The number of carbonyl (C=O) groups is 2. The third-order valence-electron chi connectivity index (χ3n) is 3.48. The molecule has 0 radical (unpaired) electrons. The Morgan fingerprint density at radius 3 is 2.70 bits per heavy atom. The second kappa shape index (κ2) is 5.83. The summed E-state index contributed by atoms with van der Waals surface area (Å²) in [5, 5.41) is 9.32. The molecule has 0 saturated carbocycles. The zero-order valence-electron chi connectivity index (χ0n) is 11.1. The molecule has 20 heavy (non-hydrogen) atoms. The van der Waals surface area contributed by atoms with Crippen molar-refractivity contribution in [3.63, 3.8) is 0 Å². The number of carboxylic acids is 1. The van der Waals surface area contributed by atoms with Crippen molar-refractivity contribution >= 4 is 28.0 Å². The van der Waals surface area contributed by atoms with E-state index in [-0.39, 0.29) is 11.4 Å². The highest BCUT2D eigenvalue weighted by molar-refractivity contribution is 9.09. The number of carboxylic acid groups (broad SMARTS) is 1. The molecule has 0 spiro atoms. The van der Waals surface area contributed by atoms with Crippen molar-refractivity contribution in [3.05, 3.63) is 35.9 Å². The lowest BCUT2D eigenvalue weighted by Gasteiger charge is -2.30. The smallest absolute Gasteiger partial charge is 0.411 e. The fraction of sp³-hybridized carbons (Fsp3) is 0.429. The minimum atomic E-state index is -1.22. The van der Waals surface area contributed by atoms with E-state index in [2.05, 4.69) is 15.9 Å². The Balaban J connectivity index is 2.03. The number of hydrogen-bond acceptors (Lipinski definition) is 3. The van der Waals surface area contributed by atoms with Crippen molar-refractivity contribution in [3.8, 4) is 0 Å². The molecule has 1 aromatic carbocycles. The first-order valence-corrected chi connectivity index (χ1v) is 7.21. The van der Waals surface area contributed by atoms with Crippen LogP contribution in [0.2, 0.25) is 0 Å². The van der Waals surface area contributed by atoms with Crippen LogP contribution in [0.15, 0.2) is 30.3 Å². The van der Waals surface area contributed by atoms with Gasteiger partial charge in [0.1, 0.15) is 12.1 Å². The van der Waals surface area contributed by atoms with E-state index < -0.39 is 17.6 Å². The summed E-state index contributed by atoms with van der Waals surface area (Å²) in [7, 11) is 0. The predicted octanol–water partition coefficient (Wildman–Crippen LogP) is 2.64. The van der Waals surface area contributed by atoms with Crippen LogP contribution in [0.3, 0.4) is 0 Å². The third kappa shape index (κ3) is 2.95. The molecule has 1 aliphatic rings. The highest BCUT2D eigenvalue weighted by atomic mass is 79.9. The van der Waals surface area contributed by atoms with Crippen LogP contribution >= 0.6 is 15.9 Å². The number of hydrogen-bond donors (Lipinski definition) is 1. The summed E-state index contributed by atoms with van der Waals surface area (Å²) in [6.45, 7) is 2.01. The fourth-order valence-electron chi connectivity index (χ4n) is 2.28. The largest absolute Gasteiger partial charge is 0.480 e. The summed E-state index contributed by atoms with van der Waals surface area (Å²) < 4.78 is 5.21. The van der Waals surface area contributed by atoms with Crippen molar-refractivity contribution in [2.45, 2.75) is 30.3 Å². The van der Waals surface area contributed by atoms with Crippen molar-refractivity contribution < 1.29 is 19.4 Å². The van der Waals surface area contributed by atoms with Gasteiger partial charge in [-0.3, -0.25) is 4.90 Å². The standard InChI is InChI=1S/C14H16BrNO4/c1-14(12(17)18)7-11(15)8-16(14)13(19)20-9-10-5-3-2-4-6-10/h2-6,11H,7-9H2,1H3,(H,17,18). The quantitative estimate of drug-likeness (QED) is 0.858. The van der Waals surface area contributed by atoms with Crippen LogP contribution in [0, 0.1) is 0 Å². The fourth-order valence-corrected chi connectivity index (χ4v) is 3.20. The van der Waals surface area contributed by atoms with Crippen molar-refractivity contribution in [2.75, 3.05) is 6.54 Å². The lowest BCUT2D eigenvalue weighted by molar-refractivity contribution is -0.147. The summed E-state index contributed by atoms with van der Waals surface area (Å²) in [5.74, 6) is -1.02. The highest BCUT2D eigenvalue weighted by Crippen LogP contribution is 2.33. The number of amides is 1. The molecule has 1 aromatic rings. The van der Waals surface area contributed by atoms with Crippen molar-refractivity contribution in [2.24, 2.45) is 0 Å². The maximum Gasteiger partial charge on any atom is 0.411 e. The van der Waals surface area contributed by atoms with Gasteiger partial charge in [0.2, 0.25) is 0 Å². The van der Waals surface area contributed by atoms with Gasteiger partial charge in [-0.1, -0.05) is 46.3 Å². The second-order valence-corrected chi connectivity index (χ2v) is 6.33. The van der Waals surface area contributed by atoms with E-state index in [9.17, 15) is 14.7 Å². The molecule has 1 fully saturated rings. The monoisotopic (exact) mass is 341 g/mol. The molecular weight excluding hydrogens is 326 g/mol. The van der Waals surface area contributed by atoms with Crippen molar-refractivity contribution in [1.29, 1.82) is 0 Å². The number of aliphatic carboxylic acids is 1. The zero-order valence-corrected chi connectivity index (χ0v) is 12.7. The molecule has 0 aliphatic carbocycles. The van der Waals surface area contributed by atoms with Crippen molar-refractivity contribution in [1.82, 2.24) is 4.90 Å². The summed E-state index contributed by atoms with van der Waals surface area (Å²) in [6, 6.07) is 9.29. The lowest BCUT2D eigenvalue weighted by atomic mass is 10.00. The van der Waals surface area contributed by atoms with Gasteiger partial charge in [-0.25, -0.2) is 9.59 Å². The minimum Gasteiger partial charge on any atom is -0.480 e. The predicted molar refractivity (Wildman–Crippen MR) is 76.7 cm³/mol. The average molecular weight is 342 g/mol. The SMILES string of the molecule is CC1(C(=O)O)CC(Br)CN1C(=O)OCc1ccccc1. The number of likely N-dealkylation sites (tertiary alicyclic amines) is 1. The Hall–Kier alpha value is -1.56. The first-order valence-electron chi connectivity index (χ1n) is 6.29. The van der Waals surface area contributed by atoms with Gasteiger partial charge in [-0.05, 0) is 18.9 Å². The van der Waals surface area contributed by atoms with Crippen LogP contribution in [0.25, 0.3) is 0 Å². The van der Waals surface area contributed by atoms with Gasteiger partial charge in [0.05, 0.1) is 0 Å². The summed E-state index contributed by atoms with van der Waals surface area (Å²) in [4.78, 5) is 24.7. The zero-order chi connectivity index (χ0) is 14.8. The molecule has 2 rings (SSSR count). The first kappa shape index (κ1) is 14.8. The van der Waals surface area contributed by atoms with Gasteiger partial charge < -0.3 is 9.84 Å². The summed E-state index contributed by atoms with van der Waals surface area (Å²) >= 11 is 3.37. The molecule has 1 N–H and O–H groups in total. The molecular formula is C14H16BrNO4. The van der Waals surface area contributed by atoms with Crippen LogP contribution in [0.4, 0.5) is 4.79 Å². The van der Waals surface area contributed by atoms with E-state index >= 15 is 0 Å². The molecule has 6 heteroatoms. The van der Waals surface area contributed by atoms with E-state index in [0.29, 0.717) is 13.0 Å². The molecule has 5 nitrogen and oxygen atoms in total. The Bertz CT molecular complexity index is 507. The topological polar surface area (TPSA) is 66.8 Å². The molecule has 1 heterocycles. The van der Waals surface area contributed by atoms with E-state index in [1.165, 1.54) is 4.90 Å². The van der Waals surface area contributed by atoms with Gasteiger partial charge in [0.25, 0.3) is 0 Å². The second-order valence-electron chi connectivity index (χ2n) is 5.03. The Kier molecular flexibility index (Phi) is 4.32. The first-order chi connectivity index (χ1) is 9.43. The molecule has 0 bridgehead atoms. The van der Waals surface area contributed by atoms with Crippen LogP contribution in [0.5, 0.6) is 0 Å². The molecule has 2 atom stereocenters. The van der Waals surface area contributed by atoms with Crippen LogP contribution in [-0.4, -0.2) is 39.0 Å². The maximum absolute atomic E-state index is 12.1. The average Bonchev–Trinajstić information content (AvgIpc) is 2.74. The van der Waals surface area contributed by atoms with Gasteiger partial charge in [0, 0.05) is 11.4 Å². The third-order valence-corrected chi connectivity index (χ3v) is 4.09. The minimum absolute atomic E-state index is 0.0344. The number of halogens is 1. The number of carbonyl (C=O) groups excluding carboxylic acids is 1. The Morgan fingerprint density at radius 2 is 2.10 bits per heavy atom. The Morgan fingerprint density at radius 1 is 1.45 bits per heavy atom. The number of alkyl halides is 1. The normalized spacial score (nSPS) is 25.5. The van der Waals surface area contributed by atoms with Crippen LogP contribution in [-0.2, 0) is 16.1 Å². The molecule has 1 saturated heterocycles. The molecule has 1 amide bonds. The number of nitrogens with zero attached hydrogens (tertiary/aromatic N) is 1. The van der Waals surface area contributed by atoms with Gasteiger partial charge in [0.15, 0.2) is 0 Å². The Labute approximate surface area is 125 Å². The van der Waals surface area contributed by atoms with Gasteiger partial charge >= 0.3 is 12.1 Å². The molecule has 0 aromatic heterocycles. The number of benzene rings is 1. The molecule has 108 valence electrons. The summed E-state index contributed by atoms with van der Waals surface area (Å²) in [5.41, 5.74) is -0.352. The molecule has 1 aliphatic heterocycles. The lowest BCUT2D eigenvalue weighted by Crippen LogP contribution is -2.50. The van der Waals surface area contributed by atoms with Crippen LogP contribution < -0.4 is 0 Å². The van der Waals surface area contributed by atoms with Gasteiger partial charge in [-0.2, -0.15) is 0 Å². The number of rotatable bonds is 3. The van der Waals surface area contributed by atoms with E-state index in [4.69, 9.17) is 4.74 Å². The van der Waals surface area contributed by atoms with E-state index in [0.717, 1.165) is 5.56 Å². The van der Waals surface area contributed by atoms with E-state index in [1.807, 2.05) is 30.3 Å². The number of ether oxygens (including phenoxy) is 1. The van der Waals surface area contributed by atoms with Gasteiger partial charge in [-0.15, -0.1) is 0 Å². The highest BCUT2D eigenvalue weighted by Gasteiger charge is 2.50. The molecule has 2 unspecified atom stereocenters. The van der Waals surface area contributed by atoms with Crippen LogP contribution in [0.1, 0.15) is 18.9 Å². The summed E-state index contributed by atoms with van der Waals surface area (Å²) in [6.07, 6.45) is -0.233.